The van der Waals surface area contributed by atoms with Crippen molar-refractivity contribution in [3.63, 3.8) is 0 Å². The Bertz CT molecular complexity index is 3920. The molecule has 0 aliphatic carbocycles. The molecule has 0 fully saturated rings. The Kier molecular flexibility index (Phi) is 5.27. The minimum Gasteiger partial charge on any atom is -0.309 e. The fourth-order valence-corrected chi connectivity index (χ4v) is 8.57. The van der Waals surface area contributed by atoms with Gasteiger partial charge in [0.05, 0.1) is 33.2 Å². The molecule has 4 nitrogen and oxygen atoms in total. The molecule has 5 heteroatoms. The van der Waals surface area contributed by atoms with Crippen LogP contribution in [0.15, 0.2) is 194 Å². The van der Waals surface area contributed by atoms with E-state index in [2.05, 4.69) is 18.2 Å². The van der Waals surface area contributed by atoms with Crippen LogP contribution in [-0.4, -0.2) is 19.5 Å². The minimum atomic E-state index is -0.694. The van der Waals surface area contributed by atoms with Crippen LogP contribution in [0.3, 0.4) is 0 Å². The van der Waals surface area contributed by atoms with Crippen molar-refractivity contribution in [1.82, 2.24) is 19.5 Å². The maximum Gasteiger partial charge on any atom is 0.165 e. The van der Waals surface area contributed by atoms with E-state index in [1.54, 1.807) is 23.5 Å². The summed E-state index contributed by atoms with van der Waals surface area (Å²) >= 11 is 1.65. The van der Waals surface area contributed by atoms with Crippen LogP contribution in [0.5, 0.6) is 0 Å². The van der Waals surface area contributed by atoms with Crippen LogP contribution < -0.4 is 0 Å². The molecular weight excluding hydrogens is 701 g/mol. The van der Waals surface area contributed by atoms with Gasteiger partial charge in [-0.1, -0.05) is 151 Å². The molecule has 0 saturated carbocycles. The van der Waals surface area contributed by atoms with Gasteiger partial charge in [-0.2, -0.15) is 0 Å². The third kappa shape index (κ3) is 5.32. The molecule has 0 aliphatic rings. The summed E-state index contributed by atoms with van der Waals surface area (Å²) in [5.41, 5.74) is 2.64. The number of rotatable bonds is 6. The molecule has 3 aromatic heterocycles. The first-order valence-electron chi connectivity index (χ1n) is 23.8. The van der Waals surface area contributed by atoms with Gasteiger partial charge in [0.1, 0.15) is 0 Å². The van der Waals surface area contributed by atoms with Crippen molar-refractivity contribution in [3.8, 4) is 62.1 Å². The van der Waals surface area contributed by atoms with E-state index in [-0.39, 0.29) is 27.4 Å². The molecule has 0 atom stereocenters. The maximum absolute atomic E-state index is 9.47. The molecular formula is C51H32N4S. The van der Waals surface area contributed by atoms with Gasteiger partial charge in [-0.05, 0) is 59.1 Å². The van der Waals surface area contributed by atoms with E-state index in [0.717, 1.165) is 31.3 Å². The molecule has 0 spiro atoms. The summed E-state index contributed by atoms with van der Waals surface area (Å²) in [7, 11) is 0. The third-order valence-corrected chi connectivity index (χ3v) is 11.1. The van der Waals surface area contributed by atoms with Gasteiger partial charge in [0.15, 0.2) is 17.5 Å². The van der Waals surface area contributed by atoms with Crippen LogP contribution in [0, 0.1) is 0 Å². The molecule has 11 aromatic rings. The molecule has 0 bridgehead atoms. The topological polar surface area (TPSA) is 43.6 Å². The first kappa shape index (κ1) is 22.2. The SMILES string of the molecule is [2H]c1c([2H])c([2H])c(-c2c([2H])c([2H])c([2H])c3c2c2c([2H])c([2H])c([2H])c([2H])c2n3-c2ccc(-c3nc(-c4ccccc4)nc(-c4cccc5c4sc4ccccc45)n3)cc2-c2ccccc2)c([2H])c1[2H]. The highest BCUT2D eigenvalue weighted by atomic mass is 32.1. The number of hydrogen-bond acceptors (Lipinski definition) is 4. The number of nitrogens with zero attached hydrogens (tertiary/aromatic N) is 4. The maximum atomic E-state index is 9.47. The van der Waals surface area contributed by atoms with E-state index < -0.39 is 78.1 Å². The van der Waals surface area contributed by atoms with Crippen molar-refractivity contribution < 1.29 is 16.4 Å². The molecule has 0 aliphatic heterocycles. The van der Waals surface area contributed by atoms with E-state index >= 15 is 0 Å². The smallest absolute Gasteiger partial charge is 0.165 e. The number of aromatic nitrogens is 4. The van der Waals surface area contributed by atoms with Crippen LogP contribution >= 0.6 is 11.3 Å². The Morgan fingerprint density at radius 2 is 1.11 bits per heavy atom. The second kappa shape index (κ2) is 13.3. The Morgan fingerprint density at radius 3 is 1.95 bits per heavy atom. The summed E-state index contributed by atoms with van der Waals surface area (Å²) in [6.07, 6.45) is 0. The minimum absolute atomic E-state index is 0.103. The summed E-state index contributed by atoms with van der Waals surface area (Å²) in [5, 5.41) is 1.91. The van der Waals surface area contributed by atoms with E-state index in [1.165, 1.54) is 4.57 Å². The van der Waals surface area contributed by atoms with E-state index in [0.29, 0.717) is 39.9 Å². The highest BCUT2D eigenvalue weighted by molar-refractivity contribution is 7.26. The zero-order valence-electron chi connectivity index (χ0n) is 41.2. The van der Waals surface area contributed by atoms with Crippen molar-refractivity contribution in [2.75, 3.05) is 0 Å². The second-order valence-electron chi connectivity index (χ2n) is 13.1. The average Bonchev–Trinajstić information content (AvgIpc) is 3.94. The lowest BCUT2D eigenvalue weighted by Crippen LogP contribution is -2.02. The number of hydrogen-bond donors (Lipinski definition) is 0. The molecule has 0 saturated heterocycles. The Labute approximate surface area is 344 Å². The average molecular weight is 745 g/mol. The highest BCUT2D eigenvalue weighted by Crippen LogP contribution is 2.43. The predicted octanol–water partition coefficient (Wildman–Crippen LogP) is 13.7. The van der Waals surface area contributed by atoms with Crippen LogP contribution in [0.2, 0.25) is 0 Å². The molecule has 0 N–H and O–H groups in total. The Hall–Kier alpha value is -7.21. The van der Waals surface area contributed by atoms with Crippen molar-refractivity contribution in [3.05, 3.63) is 194 Å². The summed E-state index contributed by atoms with van der Waals surface area (Å²) in [6, 6.07) is 31.0. The van der Waals surface area contributed by atoms with Crippen molar-refractivity contribution >= 4 is 53.3 Å². The number of fused-ring (bicyclic) bond motifs is 6. The summed E-state index contributed by atoms with van der Waals surface area (Å²) < 4.78 is 111. The second-order valence-corrected chi connectivity index (χ2v) is 14.1. The fourth-order valence-electron chi connectivity index (χ4n) is 7.36. The molecule has 11 rings (SSSR count). The van der Waals surface area contributed by atoms with Crippen molar-refractivity contribution in [2.45, 2.75) is 0 Å². The number of para-hydroxylation sites is 1. The monoisotopic (exact) mass is 744 g/mol. The molecule has 8 aromatic carbocycles. The normalized spacial score (nSPS) is 14.6. The van der Waals surface area contributed by atoms with Gasteiger partial charge in [-0.25, -0.2) is 15.0 Å². The van der Waals surface area contributed by atoms with Gasteiger partial charge in [-0.3, -0.25) is 0 Å². The number of benzene rings is 8. The van der Waals surface area contributed by atoms with Crippen LogP contribution in [0.1, 0.15) is 16.4 Å². The molecule has 262 valence electrons. The quantitative estimate of drug-likeness (QED) is 0.170. The molecule has 56 heavy (non-hydrogen) atoms. The van der Waals surface area contributed by atoms with Gasteiger partial charge < -0.3 is 4.57 Å². The molecule has 0 unspecified atom stereocenters. The molecule has 0 radical (unpaired) electrons. The lowest BCUT2D eigenvalue weighted by Gasteiger charge is -2.16. The highest BCUT2D eigenvalue weighted by Gasteiger charge is 2.21. The van der Waals surface area contributed by atoms with E-state index in [9.17, 15) is 5.48 Å². The first-order valence-corrected chi connectivity index (χ1v) is 18.6. The summed E-state index contributed by atoms with van der Waals surface area (Å²) in [5.74, 6) is 1.21. The Balaban J connectivity index is 1.24. The van der Waals surface area contributed by atoms with E-state index in [4.69, 9.17) is 25.9 Å². The van der Waals surface area contributed by atoms with Gasteiger partial charge in [0.2, 0.25) is 0 Å². The zero-order chi connectivity index (χ0) is 47.4. The van der Waals surface area contributed by atoms with Crippen LogP contribution in [0.4, 0.5) is 0 Å². The van der Waals surface area contributed by atoms with Crippen LogP contribution in [-0.2, 0) is 0 Å². The fraction of sp³-hybridized carbons (Fsp3) is 0. The van der Waals surface area contributed by atoms with Crippen molar-refractivity contribution in [2.24, 2.45) is 0 Å². The van der Waals surface area contributed by atoms with E-state index in [1.807, 2.05) is 91.0 Å². The van der Waals surface area contributed by atoms with Gasteiger partial charge >= 0.3 is 0 Å². The summed E-state index contributed by atoms with van der Waals surface area (Å²) in [4.78, 5) is 15.2. The standard InChI is InChI=1S/C51H32N4S/c1-4-16-33(17-5-1)37-24-15-28-45-47(37)40-23-10-12-27-43(40)55(45)44-31-30-36(32-42(44)34-18-6-2-7-19-34)50-52-49(35-20-8-3-9-21-35)53-51(54-50)41-26-14-25-39-38-22-11-13-29-46(38)56-48(39)41/h1-32H/i1D,4D,5D,10D,12D,15D,16D,17D,23D,24D,27D,28D. The largest absolute Gasteiger partial charge is 0.309 e. The zero-order valence-corrected chi connectivity index (χ0v) is 30.1. The Morgan fingerprint density at radius 1 is 0.429 bits per heavy atom. The van der Waals surface area contributed by atoms with Gasteiger partial charge in [0.25, 0.3) is 0 Å². The first-order chi connectivity index (χ1) is 32.8. The lowest BCUT2D eigenvalue weighted by atomic mass is 9.99. The third-order valence-electron chi connectivity index (χ3n) is 9.86. The lowest BCUT2D eigenvalue weighted by molar-refractivity contribution is 1.08. The molecule has 0 amide bonds. The van der Waals surface area contributed by atoms with Crippen LogP contribution in [0.25, 0.3) is 104 Å². The number of thiophene rings is 1. The molecule has 3 heterocycles. The van der Waals surface area contributed by atoms with Crippen molar-refractivity contribution in [1.29, 1.82) is 0 Å². The predicted molar refractivity (Wildman–Crippen MR) is 234 cm³/mol. The van der Waals surface area contributed by atoms with Gasteiger partial charge in [0, 0.05) is 53.2 Å². The summed E-state index contributed by atoms with van der Waals surface area (Å²) in [6.45, 7) is 0. The van der Waals surface area contributed by atoms with Gasteiger partial charge in [-0.15, -0.1) is 11.3 Å².